The van der Waals surface area contributed by atoms with Crippen molar-refractivity contribution in [2.45, 2.75) is 6.92 Å². The highest BCUT2D eigenvalue weighted by Gasteiger charge is 2.09. The molecule has 0 saturated carbocycles. The van der Waals surface area contributed by atoms with Crippen LogP contribution in [-0.2, 0) is 0 Å². The third-order valence-corrected chi connectivity index (χ3v) is 4.47. The second-order valence-electron chi connectivity index (χ2n) is 6.40. The fourth-order valence-corrected chi connectivity index (χ4v) is 3.14. The lowest BCUT2D eigenvalue weighted by molar-refractivity contribution is 1.02. The molecule has 2 aromatic heterocycles. The molecule has 4 aromatic rings. The maximum atomic E-state index is 12.2. The van der Waals surface area contributed by atoms with Crippen LogP contribution in [0.3, 0.4) is 0 Å². The maximum absolute atomic E-state index is 12.2. The van der Waals surface area contributed by atoms with E-state index in [4.69, 9.17) is 5.73 Å². The normalized spacial score (nSPS) is 11.0. The minimum Gasteiger partial charge on any atom is -0.384 e. The largest absolute Gasteiger partial charge is 0.384 e. The van der Waals surface area contributed by atoms with E-state index >= 15 is 0 Å². The molecule has 0 radical (unpaired) electrons. The van der Waals surface area contributed by atoms with Crippen molar-refractivity contribution in [3.63, 3.8) is 0 Å². The van der Waals surface area contributed by atoms with Crippen LogP contribution in [0, 0.1) is 6.92 Å². The van der Waals surface area contributed by atoms with Gasteiger partial charge >= 0.3 is 5.69 Å². The molecule has 2 aromatic carbocycles. The summed E-state index contributed by atoms with van der Waals surface area (Å²) < 4.78 is 0. The van der Waals surface area contributed by atoms with Crippen molar-refractivity contribution < 1.29 is 0 Å². The van der Waals surface area contributed by atoms with Gasteiger partial charge in [-0.3, -0.25) is 5.10 Å². The number of rotatable bonds is 5. The Labute approximate surface area is 155 Å². The average Bonchev–Trinajstić information content (AvgIpc) is 3.13. The SMILES string of the molecule is Cc1cc(NCCN)ccc1-c1cc(-c2ccc3[nH]ncc3c2)nc(=O)[nH]1. The quantitative estimate of drug-likeness (QED) is 0.437. The van der Waals surface area contributed by atoms with E-state index in [1.54, 1.807) is 6.20 Å². The highest BCUT2D eigenvalue weighted by atomic mass is 16.1. The van der Waals surface area contributed by atoms with Crippen LogP contribution in [0.15, 0.2) is 53.5 Å². The summed E-state index contributed by atoms with van der Waals surface area (Å²) in [5, 5.41) is 11.2. The standard InChI is InChI=1S/C20H20N6O/c1-12-8-15(22-7-6-21)3-4-16(12)19-10-18(24-20(27)25-19)13-2-5-17-14(9-13)11-23-26-17/h2-5,8-11,22H,6-7,21H2,1H3,(H,23,26)(H,24,25,27). The van der Waals surface area contributed by atoms with Crippen molar-refractivity contribution in [1.29, 1.82) is 0 Å². The Morgan fingerprint density at radius 1 is 1.15 bits per heavy atom. The number of H-pyrrole nitrogens is 2. The fourth-order valence-electron chi connectivity index (χ4n) is 3.14. The molecule has 2 heterocycles. The van der Waals surface area contributed by atoms with Gasteiger partial charge in [0.25, 0.3) is 0 Å². The molecule has 0 fully saturated rings. The number of benzene rings is 2. The summed E-state index contributed by atoms with van der Waals surface area (Å²) in [6.07, 6.45) is 1.75. The van der Waals surface area contributed by atoms with Gasteiger partial charge in [0.05, 0.1) is 23.1 Å². The van der Waals surface area contributed by atoms with E-state index in [0.29, 0.717) is 18.8 Å². The van der Waals surface area contributed by atoms with Crippen LogP contribution in [0.25, 0.3) is 33.4 Å². The minimum absolute atomic E-state index is 0.375. The van der Waals surface area contributed by atoms with Crippen LogP contribution >= 0.6 is 0 Å². The van der Waals surface area contributed by atoms with Gasteiger partial charge < -0.3 is 16.0 Å². The topological polar surface area (TPSA) is 112 Å². The Bertz CT molecular complexity index is 1160. The summed E-state index contributed by atoms with van der Waals surface area (Å²) in [6.45, 7) is 3.30. The Kier molecular flexibility index (Phi) is 4.43. The van der Waals surface area contributed by atoms with Crippen LogP contribution in [0.2, 0.25) is 0 Å². The second kappa shape index (κ2) is 7.05. The van der Waals surface area contributed by atoms with Crippen LogP contribution in [0.4, 0.5) is 5.69 Å². The predicted molar refractivity (Wildman–Crippen MR) is 108 cm³/mol. The van der Waals surface area contributed by atoms with E-state index in [9.17, 15) is 4.79 Å². The first kappa shape index (κ1) is 17.0. The van der Waals surface area contributed by atoms with Crippen LogP contribution in [0.5, 0.6) is 0 Å². The van der Waals surface area contributed by atoms with E-state index in [-0.39, 0.29) is 5.69 Å². The predicted octanol–water partition coefficient (Wildman–Crippen LogP) is 2.66. The number of nitrogens with zero attached hydrogens (tertiary/aromatic N) is 2. The number of nitrogens with one attached hydrogen (secondary N) is 3. The third kappa shape index (κ3) is 3.45. The zero-order valence-corrected chi connectivity index (χ0v) is 14.9. The molecule has 0 amide bonds. The summed E-state index contributed by atoms with van der Waals surface area (Å²) in [5.74, 6) is 0. The molecule has 0 aliphatic rings. The average molecular weight is 360 g/mol. The van der Waals surface area contributed by atoms with Crippen molar-refractivity contribution in [2.24, 2.45) is 5.73 Å². The van der Waals surface area contributed by atoms with Gasteiger partial charge in [0.1, 0.15) is 0 Å². The maximum Gasteiger partial charge on any atom is 0.345 e. The van der Waals surface area contributed by atoms with Crippen molar-refractivity contribution in [2.75, 3.05) is 18.4 Å². The number of aromatic nitrogens is 4. The molecule has 0 bridgehead atoms. The van der Waals surface area contributed by atoms with Gasteiger partial charge in [0.2, 0.25) is 0 Å². The number of anilines is 1. The molecular weight excluding hydrogens is 340 g/mol. The number of hydrogen-bond donors (Lipinski definition) is 4. The molecule has 5 N–H and O–H groups in total. The third-order valence-electron chi connectivity index (χ3n) is 4.47. The summed E-state index contributed by atoms with van der Waals surface area (Å²) in [7, 11) is 0. The van der Waals surface area contributed by atoms with Gasteiger partial charge in [-0.25, -0.2) is 4.79 Å². The van der Waals surface area contributed by atoms with Crippen LogP contribution in [0.1, 0.15) is 5.56 Å². The zero-order valence-electron chi connectivity index (χ0n) is 14.9. The van der Waals surface area contributed by atoms with Crippen LogP contribution in [-0.4, -0.2) is 33.3 Å². The summed E-state index contributed by atoms with van der Waals surface area (Å²) in [6, 6.07) is 13.7. The van der Waals surface area contributed by atoms with E-state index in [1.165, 1.54) is 0 Å². The van der Waals surface area contributed by atoms with Crippen LogP contribution < -0.4 is 16.7 Å². The number of aromatic amines is 2. The number of fused-ring (bicyclic) bond motifs is 1. The van der Waals surface area contributed by atoms with E-state index < -0.39 is 0 Å². The van der Waals surface area contributed by atoms with Gasteiger partial charge in [0, 0.05) is 35.3 Å². The molecule has 7 nitrogen and oxygen atoms in total. The molecule has 27 heavy (non-hydrogen) atoms. The van der Waals surface area contributed by atoms with Gasteiger partial charge in [0.15, 0.2) is 0 Å². The lowest BCUT2D eigenvalue weighted by Gasteiger charge is -2.11. The summed E-state index contributed by atoms with van der Waals surface area (Å²) >= 11 is 0. The van der Waals surface area contributed by atoms with Crippen molar-refractivity contribution in [3.8, 4) is 22.5 Å². The molecule has 4 rings (SSSR count). The highest BCUT2D eigenvalue weighted by Crippen LogP contribution is 2.27. The minimum atomic E-state index is -0.375. The first-order chi connectivity index (χ1) is 13.1. The Hall–Kier alpha value is -3.45. The molecule has 7 heteroatoms. The fraction of sp³-hybridized carbons (Fsp3) is 0.150. The van der Waals surface area contributed by atoms with Gasteiger partial charge in [-0.1, -0.05) is 12.1 Å². The highest BCUT2D eigenvalue weighted by molar-refractivity contribution is 5.84. The molecule has 136 valence electrons. The Balaban J connectivity index is 1.75. The molecule has 0 atom stereocenters. The van der Waals surface area contributed by atoms with Crippen molar-refractivity contribution in [1.82, 2.24) is 20.2 Å². The molecule has 0 aliphatic heterocycles. The monoisotopic (exact) mass is 360 g/mol. The first-order valence-electron chi connectivity index (χ1n) is 8.74. The summed E-state index contributed by atoms with van der Waals surface area (Å²) in [5.41, 5.74) is 11.4. The molecule has 0 aliphatic carbocycles. The summed E-state index contributed by atoms with van der Waals surface area (Å²) in [4.78, 5) is 19.2. The van der Waals surface area contributed by atoms with E-state index in [2.05, 4.69) is 25.5 Å². The van der Waals surface area contributed by atoms with Gasteiger partial charge in [-0.05, 0) is 42.8 Å². The van der Waals surface area contributed by atoms with E-state index in [1.807, 2.05) is 49.4 Å². The van der Waals surface area contributed by atoms with Crippen molar-refractivity contribution >= 4 is 16.6 Å². The molecule has 0 unspecified atom stereocenters. The van der Waals surface area contributed by atoms with Crippen molar-refractivity contribution in [3.05, 3.63) is 64.7 Å². The number of hydrogen-bond acceptors (Lipinski definition) is 5. The zero-order chi connectivity index (χ0) is 18.8. The first-order valence-corrected chi connectivity index (χ1v) is 8.74. The smallest absolute Gasteiger partial charge is 0.345 e. The Morgan fingerprint density at radius 3 is 2.85 bits per heavy atom. The van der Waals surface area contributed by atoms with Gasteiger partial charge in [-0.2, -0.15) is 10.1 Å². The lowest BCUT2D eigenvalue weighted by atomic mass is 10.0. The molecule has 0 saturated heterocycles. The van der Waals surface area contributed by atoms with E-state index in [0.717, 1.165) is 39.0 Å². The number of aryl methyl sites for hydroxylation is 1. The molecule has 0 spiro atoms. The second-order valence-corrected chi connectivity index (χ2v) is 6.40. The number of nitrogens with two attached hydrogens (primary N) is 1. The lowest BCUT2D eigenvalue weighted by Crippen LogP contribution is -2.13. The molecular formula is C20H20N6O. The Morgan fingerprint density at radius 2 is 2.04 bits per heavy atom. The van der Waals surface area contributed by atoms with Gasteiger partial charge in [-0.15, -0.1) is 0 Å².